The number of hydrogen-bond acceptors (Lipinski definition) is 4. The molecule has 5 heteroatoms. The first kappa shape index (κ1) is 16.6. The average Bonchev–Trinajstić information content (AvgIpc) is 3.10. The summed E-state index contributed by atoms with van der Waals surface area (Å²) in [6.45, 7) is 4.14. The van der Waals surface area contributed by atoms with Crippen LogP contribution in [-0.4, -0.2) is 40.5 Å². The van der Waals surface area contributed by atoms with E-state index < -0.39 is 0 Å². The second kappa shape index (κ2) is 7.18. The third-order valence-electron chi connectivity index (χ3n) is 5.73. The molecule has 1 aromatic carbocycles. The number of aliphatic hydroxyl groups excluding tert-OH is 1. The van der Waals surface area contributed by atoms with Gasteiger partial charge < -0.3 is 15.3 Å². The van der Waals surface area contributed by atoms with E-state index in [1.54, 1.807) is 0 Å². The number of nitrogens with zero attached hydrogens (tertiary/aromatic N) is 2. The van der Waals surface area contributed by atoms with E-state index in [2.05, 4.69) is 51.6 Å². The number of piperidine rings is 1. The minimum Gasteiger partial charge on any atom is -0.393 e. The number of hydrogen-bond donors (Lipinski definition) is 3. The SMILES string of the molecule is CC(NC1CCc2[nH]ncc2C1)c1ccc(N2CCC(O)CC2)cc1. The monoisotopic (exact) mass is 340 g/mol. The molecule has 2 aliphatic rings. The van der Waals surface area contributed by atoms with Crippen molar-refractivity contribution in [3.05, 3.63) is 47.3 Å². The van der Waals surface area contributed by atoms with Crippen LogP contribution in [0.3, 0.4) is 0 Å². The van der Waals surface area contributed by atoms with Gasteiger partial charge in [0.05, 0.1) is 12.3 Å². The molecule has 25 heavy (non-hydrogen) atoms. The van der Waals surface area contributed by atoms with E-state index in [0.29, 0.717) is 12.1 Å². The molecule has 0 spiro atoms. The number of fused-ring (bicyclic) bond motifs is 1. The van der Waals surface area contributed by atoms with Gasteiger partial charge in [0.2, 0.25) is 0 Å². The van der Waals surface area contributed by atoms with Gasteiger partial charge in [0.1, 0.15) is 0 Å². The van der Waals surface area contributed by atoms with Crippen LogP contribution in [0.4, 0.5) is 5.69 Å². The van der Waals surface area contributed by atoms with Gasteiger partial charge in [-0.05, 0) is 62.3 Å². The van der Waals surface area contributed by atoms with E-state index in [0.717, 1.165) is 45.2 Å². The zero-order chi connectivity index (χ0) is 17.2. The van der Waals surface area contributed by atoms with Crippen molar-refractivity contribution in [2.45, 2.75) is 57.2 Å². The number of aromatic nitrogens is 2. The molecule has 1 aromatic heterocycles. The molecule has 0 bridgehead atoms. The standard InChI is InChI=1S/C20H28N4O/c1-14(22-17-4-7-20-16(12-17)13-21-23-20)15-2-5-18(6-3-15)24-10-8-19(25)9-11-24/h2-3,5-6,13-14,17,19,22,25H,4,7-12H2,1H3,(H,21,23). The Morgan fingerprint density at radius 1 is 1.20 bits per heavy atom. The summed E-state index contributed by atoms with van der Waals surface area (Å²) >= 11 is 0. The number of H-pyrrole nitrogens is 1. The van der Waals surface area contributed by atoms with Crippen molar-refractivity contribution >= 4 is 5.69 Å². The summed E-state index contributed by atoms with van der Waals surface area (Å²) in [5.41, 5.74) is 5.27. The van der Waals surface area contributed by atoms with Crippen LogP contribution >= 0.6 is 0 Å². The summed E-state index contributed by atoms with van der Waals surface area (Å²) < 4.78 is 0. The molecular weight excluding hydrogens is 312 g/mol. The van der Waals surface area contributed by atoms with Gasteiger partial charge in [0, 0.05) is 36.6 Å². The number of benzene rings is 1. The van der Waals surface area contributed by atoms with Gasteiger partial charge in [0.25, 0.3) is 0 Å². The molecule has 1 aliphatic heterocycles. The summed E-state index contributed by atoms with van der Waals surface area (Å²) in [5, 5.41) is 20.7. The second-order valence-corrected chi connectivity index (χ2v) is 7.51. The summed E-state index contributed by atoms with van der Waals surface area (Å²) in [7, 11) is 0. The molecule has 1 saturated heterocycles. The van der Waals surface area contributed by atoms with Crippen LogP contribution in [0, 0.1) is 0 Å². The van der Waals surface area contributed by atoms with Crippen LogP contribution in [0.5, 0.6) is 0 Å². The van der Waals surface area contributed by atoms with E-state index in [-0.39, 0.29) is 6.10 Å². The third kappa shape index (κ3) is 3.72. The Balaban J connectivity index is 1.35. The number of anilines is 1. The molecule has 0 saturated carbocycles. The maximum Gasteiger partial charge on any atom is 0.0574 e. The maximum absolute atomic E-state index is 9.65. The van der Waals surface area contributed by atoms with Crippen molar-refractivity contribution in [1.82, 2.24) is 15.5 Å². The van der Waals surface area contributed by atoms with Gasteiger partial charge in [-0.2, -0.15) is 5.10 Å². The third-order valence-corrected chi connectivity index (χ3v) is 5.73. The van der Waals surface area contributed by atoms with E-state index in [1.165, 1.54) is 22.5 Å². The number of aliphatic hydroxyl groups is 1. The van der Waals surface area contributed by atoms with E-state index in [4.69, 9.17) is 0 Å². The van der Waals surface area contributed by atoms with Crippen molar-refractivity contribution in [3.8, 4) is 0 Å². The fourth-order valence-electron chi connectivity index (χ4n) is 4.11. The Morgan fingerprint density at radius 3 is 2.72 bits per heavy atom. The van der Waals surface area contributed by atoms with Gasteiger partial charge in [-0.15, -0.1) is 0 Å². The highest BCUT2D eigenvalue weighted by atomic mass is 16.3. The first-order valence-corrected chi connectivity index (χ1v) is 9.49. The van der Waals surface area contributed by atoms with Crippen LogP contribution in [0.25, 0.3) is 0 Å². The number of aromatic amines is 1. The Hall–Kier alpha value is -1.85. The van der Waals surface area contributed by atoms with Crippen LogP contribution < -0.4 is 10.2 Å². The molecular formula is C20H28N4O. The largest absolute Gasteiger partial charge is 0.393 e. The molecule has 3 N–H and O–H groups in total. The Labute approximate surface area is 149 Å². The normalized spacial score (nSPS) is 22.6. The summed E-state index contributed by atoms with van der Waals surface area (Å²) in [6.07, 6.45) is 6.90. The van der Waals surface area contributed by atoms with Crippen LogP contribution in [0.2, 0.25) is 0 Å². The van der Waals surface area contributed by atoms with Crippen LogP contribution in [0.15, 0.2) is 30.5 Å². The lowest BCUT2D eigenvalue weighted by Crippen LogP contribution is -2.36. The summed E-state index contributed by atoms with van der Waals surface area (Å²) in [6, 6.07) is 9.79. The van der Waals surface area contributed by atoms with Crippen molar-refractivity contribution in [2.75, 3.05) is 18.0 Å². The smallest absolute Gasteiger partial charge is 0.0574 e. The van der Waals surface area contributed by atoms with Gasteiger partial charge >= 0.3 is 0 Å². The molecule has 0 radical (unpaired) electrons. The maximum atomic E-state index is 9.65. The lowest BCUT2D eigenvalue weighted by Gasteiger charge is -2.32. The number of nitrogens with one attached hydrogen (secondary N) is 2. The van der Waals surface area contributed by atoms with Crippen molar-refractivity contribution < 1.29 is 5.11 Å². The average molecular weight is 340 g/mol. The zero-order valence-electron chi connectivity index (χ0n) is 14.9. The molecule has 5 nitrogen and oxygen atoms in total. The lowest BCUT2D eigenvalue weighted by atomic mass is 9.92. The molecule has 2 aromatic rings. The minimum atomic E-state index is -0.119. The quantitative estimate of drug-likeness (QED) is 0.800. The molecule has 134 valence electrons. The van der Waals surface area contributed by atoms with E-state index in [1.807, 2.05) is 6.20 Å². The minimum absolute atomic E-state index is 0.119. The highest BCUT2D eigenvalue weighted by Crippen LogP contribution is 2.25. The Kier molecular flexibility index (Phi) is 4.77. The lowest BCUT2D eigenvalue weighted by molar-refractivity contribution is 0.145. The van der Waals surface area contributed by atoms with Gasteiger partial charge in [-0.3, -0.25) is 5.10 Å². The number of aryl methyl sites for hydroxylation is 1. The van der Waals surface area contributed by atoms with Crippen molar-refractivity contribution in [1.29, 1.82) is 0 Å². The molecule has 2 heterocycles. The van der Waals surface area contributed by atoms with Crippen LogP contribution in [0.1, 0.15) is 49.0 Å². The van der Waals surface area contributed by atoms with Gasteiger partial charge in [0.15, 0.2) is 0 Å². The summed E-state index contributed by atoms with van der Waals surface area (Å²) in [4.78, 5) is 2.37. The van der Waals surface area contributed by atoms with Crippen molar-refractivity contribution in [2.24, 2.45) is 0 Å². The highest BCUT2D eigenvalue weighted by Gasteiger charge is 2.22. The molecule has 1 aliphatic carbocycles. The molecule has 0 amide bonds. The highest BCUT2D eigenvalue weighted by molar-refractivity contribution is 5.48. The molecule has 2 unspecified atom stereocenters. The van der Waals surface area contributed by atoms with Crippen molar-refractivity contribution in [3.63, 3.8) is 0 Å². The predicted octanol–water partition coefficient (Wildman–Crippen LogP) is 2.58. The van der Waals surface area contributed by atoms with E-state index in [9.17, 15) is 5.11 Å². The Morgan fingerprint density at radius 2 is 1.96 bits per heavy atom. The second-order valence-electron chi connectivity index (χ2n) is 7.51. The number of rotatable bonds is 4. The van der Waals surface area contributed by atoms with Crippen LogP contribution in [-0.2, 0) is 12.8 Å². The zero-order valence-corrected chi connectivity index (χ0v) is 14.9. The molecule has 4 rings (SSSR count). The fourth-order valence-corrected chi connectivity index (χ4v) is 4.11. The first-order valence-electron chi connectivity index (χ1n) is 9.49. The fraction of sp³-hybridized carbons (Fsp3) is 0.550. The predicted molar refractivity (Wildman–Crippen MR) is 99.8 cm³/mol. The summed E-state index contributed by atoms with van der Waals surface area (Å²) in [5.74, 6) is 0. The first-order chi connectivity index (χ1) is 12.2. The topological polar surface area (TPSA) is 64.2 Å². The molecule has 1 fully saturated rings. The Bertz CT molecular complexity index is 688. The molecule has 2 atom stereocenters. The van der Waals surface area contributed by atoms with Gasteiger partial charge in [-0.25, -0.2) is 0 Å². The van der Waals surface area contributed by atoms with E-state index >= 15 is 0 Å². The van der Waals surface area contributed by atoms with Gasteiger partial charge in [-0.1, -0.05) is 12.1 Å².